The Hall–Kier alpha value is -2.49. The van der Waals surface area contributed by atoms with Crippen molar-refractivity contribution in [1.82, 2.24) is 9.97 Å². The van der Waals surface area contributed by atoms with Crippen molar-refractivity contribution in [3.63, 3.8) is 0 Å². The number of hydrogen-bond acceptors (Lipinski definition) is 3. The van der Waals surface area contributed by atoms with E-state index in [1.54, 1.807) is 6.07 Å². The third-order valence-corrected chi connectivity index (χ3v) is 2.92. The molecule has 1 aromatic heterocycles. The molecule has 0 bridgehead atoms. The van der Waals surface area contributed by atoms with Gasteiger partial charge in [-0.3, -0.25) is 0 Å². The van der Waals surface area contributed by atoms with Gasteiger partial charge in [0, 0.05) is 11.8 Å². The quantitative estimate of drug-likeness (QED) is 0.705. The van der Waals surface area contributed by atoms with Crippen molar-refractivity contribution in [3.05, 3.63) is 53.9 Å². The van der Waals surface area contributed by atoms with Gasteiger partial charge in [0.1, 0.15) is 18.2 Å². The maximum absolute atomic E-state index is 5.70. The summed E-state index contributed by atoms with van der Waals surface area (Å²) in [6.07, 6.45) is 0. The Morgan fingerprint density at radius 1 is 1.21 bits per heavy atom. The smallest absolute Gasteiger partial charge is 0.146 e. The third kappa shape index (κ3) is 2.52. The first-order valence-corrected chi connectivity index (χ1v) is 6.14. The topological polar surface area (TPSA) is 63.9 Å². The van der Waals surface area contributed by atoms with Crippen LogP contribution in [0.2, 0.25) is 0 Å². The van der Waals surface area contributed by atoms with E-state index in [0.29, 0.717) is 12.3 Å². The molecule has 0 spiro atoms. The molecule has 3 aromatic rings. The van der Waals surface area contributed by atoms with Gasteiger partial charge < -0.3 is 15.5 Å². The van der Waals surface area contributed by atoms with Crippen LogP contribution in [-0.4, -0.2) is 9.97 Å². The SMILES string of the molecule is Cc1ccc2nc(COc3cccc(N)c3)[nH]c2c1. The van der Waals surface area contributed by atoms with Crippen LogP contribution in [0.25, 0.3) is 11.0 Å². The average Bonchev–Trinajstić information content (AvgIpc) is 2.78. The van der Waals surface area contributed by atoms with Crippen LogP contribution < -0.4 is 10.5 Å². The molecule has 0 unspecified atom stereocenters. The molecule has 0 aliphatic carbocycles. The van der Waals surface area contributed by atoms with Crippen LogP contribution in [0, 0.1) is 6.92 Å². The molecule has 0 radical (unpaired) electrons. The minimum Gasteiger partial charge on any atom is -0.486 e. The Bertz CT molecular complexity index is 718. The van der Waals surface area contributed by atoms with E-state index in [9.17, 15) is 0 Å². The molecule has 0 amide bonds. The molecule has 0 aliphatic rings. The van der Waals surface area contributed by atoms with E-state index in [1.165, 1.54) is 5.56 Å². The van der Waals surface area contributed by atoms with Crippen LogP contribution in [0.3, 0.4) is 0 Å². The number of hydrogen-bond donors (Lipinski definition) is 2. The molecule has 3 rings (SSSR count). The number of imidazole rings is 1. The summed E-state index contributed by atoms with van der Waals surface area (Å²) >= 11 is 0. The number of benzene rings is 2. The fourth-order valence-corrected chi connectivity index (χ4v) is 2.00. The molecule has 0 atom stereocenters. The zero-order valence-corrected chi connectivity index (χ0v) is 10.7. The molecule has 0 fully saturated rings. The highest BCUT2D eigenvalue weighted by atomic mass is 16.5. The lowest BCUT2D eigenvalue weighted by Gasteiger charge is -2.04. The highest BCUT2D eigenvalue weighted by molar-refractivity contribution is 5.75. The summed E-state index contributed by atoms with van der Waals surface area (Å²) in [5, 5.41) is 0. The lowest BCUT2D eigenvalue weighted by atomic mass is 10.2. The molecule has 0 saturated carbocycles. The standard InChI is InChI=1S/C15H15N3O/c1-10-5-6-13-14(7-10)18-15(17-13)9-19-12-4-2-3-11(16)8-12/h2-8H,9,16H2,1H3,(H,17,18). The number of anilines is 1. The summed E-state index contributed by atoms with van der Waals surface area (Å²) in [6.45, 7) is 2.46. The summed E-state index contributed by atoms with van der Waals surface area (Å²) in [6, 6.07) is 13.5. The van der Waals surface area contributed by atoms with Crippen molar-refractivity contribution in [1.29, 1.82) is 0 Å². The fraction of sp³-hybridized carbons (Fsp3) is 0.133. The molecule has 3 N–H and O–H groups in total. The van der Waals surface area contributed by atoms with Crippen molar-refractivity contribution in [3.8, 4) is 5.75 Å². The average molecular weight is 253 g/mol. The Morgan fingerprint density at radius 2 is 2.11 bits per heavy atom. The van der Waals surface area contributed by atoms with E-state index in [0.717, 1.165) is 22.6 Å². The van der Waals surface area contributed by atoms with Crippen LogP contribution in [0.5, 0.6) is 5.75 Å². The number of H-pyrrole nitrogens is 1. The fourth-order valence-electron chi connectivity index (χ4n) is 2.00. The first-order chi connectivity index (χ1) is 9.20. The maximum Gasteiger partial charge on any atom is 0.146 e. The van der Waals surface area contributed by atoms with Crippen molar-refractivity contribution in [2.45, 2.75) is 13.5 Å². The van der Waals surface area contributed by atoms with Gasteiger partial charge in [0.15, 0.2) is 0 Å². The summed E-state index contributed by atoms with van der Waals surface area (Å²) in [5.74, 6) is 1.56. The number of aromatic amines is 1. The monoisotopic (exact) mass is 253 g/mol. The van der Waals surface area contributed by atoms with Gasteiger partial charge in [-0.25, -0.2) is 4.98 Å². The lowest BCUT2D eigenvalue weighted by molar-refractivity contribution is 0.297. The van der Waals surface area contributed by atoms with Gasteiger partial charge in [-0.05, 0) is 36.8 Å². The van der Waals surface area contributed by atoms with E-state index in [-0.39, 0.29) is 0 Å². The van der Waals surface area contributed by atoms with Gasteiger partial charge in [0.05, 0.1) is 11.0 Å². The molecule has 19 heavy (non-hydrogen) atoms. The van der Waals surface area contributed by atoms with E-state index >= 15 is 0 Å². The largest absolute Gasteiger partial charge is 0.486 e. The van der Waals surface area contributed by atoms with Crippen LogP contribution in [-0.2, 0) is 6.61 Å². The number of nitrogens with one attached hydrogen (secondary N) is 1. The number of nitrogens with zero attached hydrogens (tertiary/aromatic N) is 1. The molecule has 0 saturated heterocycles. The highest BCUT2D eigenvalue weighted by Gasteiger charge is 2.03. The predicted octanol–water partition coefficient (Wildman–Crippen LogP) is 3.03. The number of aromatic nitrogens is 2. The van der Waals surface area contributed by atoms with Crippen molar-refractivity contribution < 1.29 is 4.74 Å². The van der Waals surface area contributed by atoms with Gasteiger partial charge in [-0.2, -0.15) is 0 Å². The zero-order chi connectivity index (χ0) is 13.2. The van der Waals surface area contributed by atoms with Crippen molar-refractivity contribution >= 4 is 16.7 Å². The number of aryl methyl sites for hydroxylation is 1. The minimum absolute atomic E-state index is 0.400. The van der Waals surface area contributed by atoms with E-state index < -0.39 is 0 Å². The number of nitrogen functional groups attached to an aromatic ring is 1. The van der Waals surface area contributed by atoms with E-state index in [2.05, 4.69) is 23.0 Å². The Morgan fingerprint density at radius 3 is 2.95 bits per heavy atom. The highest BCUT2D eigenvalue weighted by Crippen LogP contribution is 2.17. The van der Waals surface area contributed by atoms with E-state index in [1.807, 2.05) is 30.3 Å². The predicted molar refractivity (Wildman–Crippen MR) is 76.0 cm³/mol. The van der Waals surface area contributed by atoms with Crippen molar-refractivity contribution in [2.24, 2.45) is 0 Å². The second-order valence-electron chi connectivity index (χ2n) is 4.57. The van der Waals surface area contributed by atoms with Gasteiger partial charge in [-0.15, -0.1) is 0 Å². The lowest BCUT2D eigenvalue weighted by Crippen LogP contribution is -1.97. The Labute approximate surface area is 111 Å². The summed E-state index contributed by atoms with van der Waals surface area (Å²) < 4.78 is 5.66. The first-order valence-electron chi connectivity index (χ1n) is 6.14. The molecule has 4 nitrogen and oxygen atoms in total. The molecule has 0 aliphatic heterocycles. The second kappa shape index (κ2) is 4.65. The van der Waals surface area contributed by atoms with Gasteiger partial charge >= 0.3 is 0 Å². The first kappa shape index (κ1) is 11.6. The number of fused-ring (bicyclic) bond motifs is 1. The minimum atomic E-state index is 0.400. The summed E-state index contributed by atoms with van der Waals surface area (Å²) in [7, 11) is 0. The van der Waals surface area contributed by atoms with Crippen LogP contribution >= 0.6 is 0 Å². The van der Waals surface area contributed by atoms with Gasteiger partial charge in [0.25, 0.3) is 0 Å². The third-order valence-electron chi connectivity index (χ3n) is 2.92. The molecular weight excluding hydrogens is 238 g/mol. The van der Waals surface area contributed by atoms with Crippen LogP contribution in [0.1, 0.15) is 11.4 Å². The maximum atomic E-state index is 5.70. The molecular formula is C15H15N3O. The van der Waals surface area contributed by atoms with Gasteiger partial charge in [-0.1, -0.05) is 12.1 Å². The Kier molecular flexibility index (Phi) is 2.83. The zero-order valence-electron chi connectivity index (χ0n) is 10.7. The molecule has 96 valence electrons. The molecule has 1 heterocycles. The number of nitrogens with two attached hydrogens (primary N) is 1. The summed E-state index contributed by atoms with van der Waals surface area (Å²) in [4.78, 5) is 7.73. The Balaban J connectivity index is 1.78. The molecule has 2 aromatic carbocycles. The van der Waals surface area contributed by atoms with Gasteiger partial charge in [0.2, 0.25) is 0 Å². The van der Waals surface area contributed by atoms with Crippen molar-refractivity contribution in [2.75, 3.05) is 5.73 Å². The summed E-state index contributed by atoms with van der Waals surface area (Å²) in [5.41, 5.74) is 9.59. The van der Waals surface area contributed by atoms with E-state index in [4.69, 9.17) is 10.5 Å². The van der Waals surface area contributed by atoms with Crippen LogP contribution in [0.15, 0.2) is 42.5 Å². The van der Waals surface area contributed by atoms with Crippen LogP contribution in [0.4, 0.5) is 5.69 Å². The number of rotatable bonds is 3. The second-order valence-corrected chi connectivity index (χ2v) is 4.57. The normalized spacial score (nSPS) is 10.8. The number of ether oxygens (including phenoxy) is 1. The molecule has 4 heteroatoms.